The first-order valence-electron chi connectivity index (χ1n) is 2.19. The maximum absolute atomic E-state index is 10.3. The van der Waals surface area contributed by atoms with Crippen LogP contribution in [-0.4, -0.2) is 0 Å². The molecular weight excluding hydrogens is 462 g/mol. The molecule has 0 aliphatic carbocycles. The third-order valence-electron chi connectivity index (χ3n) is 0.600. The summed E-state index contributed by atoms with van der Waals surface area (Å²) in [5, 5.41) is 0. The quantitative estimate of drug-likeness (QED) is 0.328. The Hall–Kier alpha value is 2.17. The summed E-state index contributed by atoms with van der Waals surface area (Å²) in [7, 11) is 0. The Morgan fingerprint density at radius 2 is 0.846 bits per heavy atom. The molecule has 0 N–H and O–H groups in total. The molecule has 0 aromatic rings. The van der Waals surface area contributed by atoms with E-state index in [1.54, 1.807) is 0 Å². The van der Waals surface area contributed by atoms with Crippen LogP contribution in [0.4, 0.5) is 0 Å². The van der Waals surface area contributed by atoms with E-state index in [1.165, 1.54) is 0 Å². The summed E-state index contributed by atoms with van der Waals surface area (Å²) in [6, 6.07) is 0. The van der Waals surface area contributed by atoms with Crippen LogP contribution < -0.4 is 12.1 Å². The molecule has 0 aromatic carbocycles. The maximum atomic E-state index is 10.3. The van der Waals surface area contributed by atoms with Crippen molar-refractivity contribution in [3.8, 4) is 0 Å². The molecule has 9 nitrogen and oxygen atoms in total. The second-order valence-electron chi connectivity index (χ2n) is 1.59. The van der Waals surface area contributed by atoms with Crippen molar-refractivity contribution in [2.24, 2.45) is 0 Å². The Morgan fingerprint density at radius 3 is 1.00 bits per heavy atom. The Morgan fingerprint density at radius 1 is 0.692 bits per heavy atom. The number of hydrogen-bond donors (Lipinski definition) is 0. The fourth-order valence-corrected chi connectivity index (χ4v) is 9.38. The van der Waals surface area contributed by atoms with Crippen molar-refractivity contribution in [3.05, 3.63) is 0 Å². The summed E-state index contributed by atoms with van der Waals surface area (Å²) in [4.78, 5) is 0. The van der Waals surface area contributed by atoms with Crippen LogP contribution in [0.25, 0.3) is 0 Å². The fraction of sp³-hybridized carbons (Fsp3) is 0. The van der Waals surface area contributed by atoms with Crippen LogP contribution in [0.2, 0.25) is 0 Å². The van der Waals surface area contributed by atoms with E-state index < -0.39 is 45.1 Å². The summed E-state index contributed by atoms with van der Waals surface area (Å²) >= 11 is -17.8. The average molecular weight is 462 g/mol. The van der Waals surface area contributed by atoms with Crippen LogP contribution in [0.1, 0.15) is 0 Å². The molecule has 1 fully saturated rings. The molecule has 0 amide bonds. The molecule has 1 heterocycles. The van der Waals surface area contributed by atoms with E-state index in [4.69, 9.17) is 0 Å². The minimum absolute atomic E-state index is 0. The van der Waals surface area contributed by atoms with E-state index in [1.807, 2.05) is 0 Å². The van der Waals surface area contributed by atoms with E-state index in [0.29, 0.717) is 0 Å². The van der Waals surface area contributed by atoms with Gasteiger partial charge in [0.15, 0.2) is 0 Å². The van der Waals surface area contributed by atoms with Gasteiger partial charge in [0.1, 0.15) is 0 Å². The van der Waals surface area contributed by atoms with Crippen LogP contribution in [0.3, 0.4) is 0 Å². The van der Waals surface area contributed by atoms with Gasteiger partial charge in [0.05, 0.1) is 0 Å². The third kappa shape index (κ3) is 5.16. The van der Waals surface area contributed by atoms with Gasteiger partial charge in [-0.25, -0.2) is 0 Å². The van der Waals surface area contributed by atoms with Crippen LogP contribution in [0.15, 0.2) is 0 Å². The first kappa shape index (κ1) is 15.2. The average Bonchev–Trinajstić information content (AvgIpc) is 1.44. The molecule has 0 aromatic heterocycles. The topological polar surface area (TPSA) is 148 Å². The number of hydrogen-bond acceptors (Lipinski definition) is 9. The Bertz CT molecular complexity index is 259. The molecule has 1 rings (SSSR count). The summed E-state index contributed by atoms with van der Waals surface area (Å²) in [5.74, 6) is 0. The Balaban J connectivity index is 0.00000144. The second kappa shape index (κ2) is 4.58. The summed E-state index contributed by atoms with van der Waals surface area (Å²) in [6.07, 6.45) is 0. The predicted molar refractivity (Wildman–Crippen MR) is 5.31 cm³/mol. The molecule has 0 spiro atoms. The molecule has 0 bridgehead atoms. The molecule has 13 heteroatoms. The summed E-state index contributed by atoms with van der Waals surface area (Å²) < 4.78 is 71.9. The van der Waals surface area contributed by atoms with Crippen molar-refractivity contribution in [2.75, 3.05) is 0 Å². The monoisotopic (exact) mass is 462 g/mol. The fourth-order valence-electron chi connectivity index (χ4n) is 0.412. The van der Waals surface area contributed by atoms with E-state index in [2.05, 4.69) is 7.76 Å². The van der Waals surface area contributed by atoms with E-state index in [-0.39, 0.29) is 37.7 Å². The Kier molecular flexibility index (Phi) is 5.35. The molecule has 1 saturated heterocycles. The molecular formula is HoO9V3. The predicted octanol–water partition coefficient (Wildman–Crippen LogP) is -4.14. The van der Waals surface area contributed by atoms with Gasteiger partial charge in [-0.3, -0.25) is 0 Å². The van der Waals surface area contributed by atoms with Gasteiger partial charge in [0.25, 0.3) is 0 Å². The molecule has 13 heavy (non-hydrogen) atoms. The zero-order chi connectivity index (χ0) is 9.62. The van der Waals surface area contributed by atoms with Crippen molar-refractivity contribution < 1.29 is 114 Å². The van der Waals surface area contributed by atoms with Gasteiger partial charge in [-0.1, -0.05) is 0 Å². The molecule has 0 radical (unpaired) electrons. The zero-order valence-corrected chi connectivity index (χ0v) is 11.4. The first-order valence-corrected chi connectivity index (χ1v) is 9.03. The zero-order valence-electron chi connectivity index (χ0n) is 5.32. The molecule has 0 atom stereocenters. The van der Waals surface area contributed by atoms with Gasteiger partial charge in [0, 0.05) is 0 Å². The van der Waals surface area contributed by atoms with Crippen molar-refractivity contribution in [2.45, 2.75) is 0 Å². The summed E-state index contributed by atoms with van der Waals surface area (Å²) in [6.45, 7) is 0. The SMILES string of the molecule is [Ho+3].[O]=[V]1([O-])[O][V](=[O])([O-])[O][V](=[O])([O-])[O]1. The van der Waals surface area contributed by atoms with Crippen molar-refractivity contribution in [1.29, 1.82) is 0 Å². The van der Waals surface area contributed by atoms with Gasteiger partial charge in [0.2, 0.25) is 0 Å². The molecule has 80 valence electrons. The van der Waals surface area contributed by atoms with Gasteiger partial charge >= 0.3 is 114 Å². The van der Waals surface area contributed by atoms with Crippen molar-refractivity contribution in [1.82, 2.24) is 0 Å². The Labute approximate surface area is 112 Å². The standard InChI is InChI=1S/Ho.9O.3V/q+3;;;;;;;3*-1;;;. The van der Waals surface area contributed by atoms with E-state index >= 15 is 0 Å². The van der Waals surface area contributed by atoms with E-state index in [0.717, 1.165) is 0 Å². The van der Waals surface area contributed by atoms with Crippen LogP contribution in [0, 0.1) is 37.7 Å². The van der Waals surface area contributed by atoms with Crippen LogP contribution in [0.5, 0.6) is 0 Å². The molecule has 1 aliphatic rings. The van der Waals surface area contributed by atoms with Gasteiger partial charge in [-0.15, -0.1) is 0 Å². The minimum atomic E-state index is -5.92. The van der Waals surface area contributed by atoms with Crippen LogP contribution >= 0.6 is 0 Å². The first-order chi connectivity index (χ1) is 5.12. The van der Waals surface area contributed by atoms with Gasteiger partial charge in [-0.05, 0) is 0 Å². The normalized spacial score (nSPS) is 51.0. The van der Waals surface area contributed by atoms with Crippen LogP contribution in [-0.2, 0) is 63.9 Å². The number of rotatable bonds is 0. The summed E-state index contributed by atoms with van der Waals surface area (Å²) in [5.41, 5.74) is 0. The second-order valence-corrected chi connectivity index (χ2v) is 9.70. The van der Waals surface area contributed by atoms with Crippen molar-refractivity contribution >= 4 is 0 Å². The molecule has 1 aliphatic heterocycles. The third-order valence-corrected chi connectivity index (χ3v) is 10.2. The van der Waals surface area contributed by atoms with Gasteiger partial charge < -0.3 is 0 Å². The molecule has 0 saturated carbocycles. The van der Waals surface area contributed by atoms with Crippen molar-refractivity contribution in [3.63, 3.8) is 0 Å². The molecule has 0 unspecified atom stereocenters. The van der Waals surface area contributed by atoms with Gasteiger partial charge in [-0.2, -0.15) is 0 Å². The van der Waals surface area contributed by atoms with E-state index in [9.17, 15) is 23.1 Å².